The number of hydrogen-bond acceptors (Lipinski definition) is 3. The first-order valence-electron chi connectivity index (χ1n) is 11.2. The smallest absolute Gasteiger partial charge is 0.322 e. The van der Waals surface area contributed by atoms with Crippen molar-refractivity contribution in [1.29, 1.82) is 0 Å². The van der Waals surface area contributed by atoms with Crippen molar-refractivity contribution < 1.29 is 14.4 Å². The van der Waals surface area contributed by atoms with Gasteiger partial charge in [0.15, 0.2) is 0 Å². The number of carbonyl (C=O) groups is 3. The van der Waals surface area contributed by atoms with Gasteiger partial charge in [-0.3, -0.25) is 14.9 Å². The Hall–Kier alpha value is -2.63. The summed E-state index contributed by atoms with van der Waals surface area (Å²) in [5, 5.41) is 5.43. The van der Waals surface area contributed by atoms with Gasteiger partial charge in [0, 0.05) is 18.7 Å². The van der Waals surface area contributed by atoms with E-state index in [2.05, 4.69) is 28.8 Å². The maximum Gasteiger partial charge on any atom is 0.322 e. The van der Waals surface area contributed by atoms with Crippen molar-refractivity contribution in [2.75, 3.05) is 13.1 Å². The van der Waals surface area contributed by atoms with E-state index in [9.17, 15) is 14.4 Å². The maximum absolute atomic E-state index is 12.8. The van der Waals surface area contributed by atoms with Crippen molar-refractivity contribution >= 4 is 17.8 Å². The first kappa shape index (κ1) is 20.6. The van der Waals surface area contributed by atoms with E-state index in [4.69, 9.17) is 0 Å². The van der Waals surface area contributed by atoms with Gasteiger partial charge in [0.25, 0.3) is 5.91 Å². The van der Waals surface area contributed by atoms with Gasteiger partial charge in [0.2, 0.25) is 5.91 Å². The normalized spacial score (nSPS) is 24.9. The quantitative estimate of drug-likeness (QED) is 0.708. The summed E-state index contributed by atoms with van der Waals surface area (Å²) in [7, 11) is 0. The fraction of sp³-hybridized carbons (Fsp3) is 0.542. The number of aryl methyl sites for hydroxylation is 1. The van der Waals surface area contributed by atoms with Crippen molar-refractivity contribution in [3.63, 3.8) is 0 Å². The van der Waals surface area contributed by atoms with Gasteiger partial charge in [-0.05, 0) is 69.3 Å². The molecule has 0 spiro atoms. The molecule has 30 heavy (non-hydrogen) atoms. The van der Waals surface area contributed by atoms with E-state index in [0.717, 1.165) is 50.5 Å². The minimum absolute atomic E-state index is 0.0455. The van der Waals surface area contributed by atoms with Gasteiger partial charge in [-0.15, -0.1) is 0 Å². The molecular formula is C24H31N3O3. The van der Waals surface area contributed by atoms with E-state index in [1.807, 2.05) is 23.1 Å². The van der Waals surface area contributed by atoms with E-state index in [-0.39, 0.29) is 17.7 Å². The Balaban J connectivity index is 1.40. The SMILES string of the molecule is O=C1NC(=O)C(CCCc2ccccc2)(C2CCN(C(=O)C3=CCCCC3)CC2)N1. The summed E-state index contributed by atoms with van der Waals surface area (Å²) in [4.78, 5) is 39.6. The second kappa shape index (κ2) is 9.02. The van der Waals surface area contributed by atoms with Gasteiger partial charge < -0.3 is 10.2 Å². The average molecular weight is 410 g/mol. The molecule has 4 rings (SSSR count). The molecule has 0 radical (unpaired) electrons. The third-order valence-electron chi connectivity index (χ3n) is 6.89. The van der Waals surface area contributed by atoms with Crippen LogP contribution >= 0.6 is 0 Å². The van der Waals surface area contributed by atoms with Gasteiger partial charge in [0.1, 0.15) is 5.54 Å². The highest BCUT2D eigenvalue weighted by molar-refractivity contribution is 6.07. The van der Waals surface area contributed by atoms with E-state index < -0.39 is 11.6 Å². The molecule has 2 aliphatic heterocycles. The number of likely N-dealkylation sites (tertiary alicyclic amines) is 1. The van der Waals surface area contributed by atoms with Crippen LogP contribution < -0.4 is 10.6 Å². The number of rotatable bonds is 6. The predicted octanol–water partition coefficient (Wildman–Crippen LogP) is 3.33. The second-order valence-electron chi connectivity index (χ2n) is 8.76. The summed E-state index contributed by atoms with van der Waals surface area (Å²) in [6, 6.07) is 9.81. The summed E-state index contributed by atoms with van der Waals surface area (Å²) < 4.78 is 0. The molecule has 2 N–H and O–H groups in total. The molecule has 1 aromatic rings. The van der Waals surface area contributed by atoms with E-state index in [1.165, 1.54) is 12.0 Å². The molecule has 6 heteroatoms. The molecule has 4 amide bonds. The van der Waals surface area contributed by atoms with Gasteiger partial charge in [-0.25, -0.2) is 4.79 Å². The fourth-order valence-electron chi connectivity index (χ4n) is 5.20. The van der Waals surface area contributed by atoms with Crippen molar-refractivity contribution in [1.82, 2.24) is 15.5 Å². The predicted molar refractivity (Wildman–Crippen MR) is 115 cm³/mol. The number of piperidine rings is 1. The highest BCUT2D eigenvalue weighted by Crippen LogP contribution is 2.35. The molecule has 1 unspecified atom stereocenters. The van der Waals surface area contributed by atoms with Crippen LogP contribution in [-0.4, -0.2) is 41.4 Å². The molecule has 1 atom stereocenters. The van der Waals surface area contributed by atoms with Crippen LogP contribution in [-0.2, 0) is 16.0 Å². The Kier molecular flexibility index (Phi) is 6.21. The number of carbonyl (C=O) groups excluding carboxylic acids is 3. The molecule has 1 aliphatic carbocycles. The van der Waals surface area contributed by atoms with Crippen LogP contribution in [0, 0.1) is 5.92 Å². The summed E-state index contributed by atoms with van der Waals surface area (Å²) in [6.45, 7) is 1.29. The third-order valence-corrected chi connectivity index (χ3v) is 6.89. The second-order valence-corrected chi connectivity index (χ2v) is 8.76. The minimum Gasteiger partial charge on any atom is -0.339 e. The highest BCUT2D eigenvalue weighted by atomic mass is 16.2. The number of nitrogens with one attached hydrogen (secondary N) is 2. The molecule has 2 heterocycles. The lowest BCUT2D eigenvalue weighted by Crippen LogP contribution is -2.56. The number of nitrogens with zero attached hydrogens (tertiary/aromatic N) is 1. The standard InChI is InChI=1S/C24H31N3O3/c28-21(19-11-5-2-6-12-19)27-16-13-20(14-17-27)24(22(29)25-23(30)26-24)15-7-10-18-8-3-1-4-9-18/h1,3-4,8-9,11,20H,2,5-7,10,12-17H2,(H2,25,26,29,30). The Morgan fingerprint density at radius 2 is 1.87 bits per heavy atom. The fourth-order valence-corrected chi connectivity index (χ4v) is 5.20. The summed E-state index contributed by atoms with van der Waals surface area (Å²) in [6.07, 6.45) is 9.99. The van der Waals surface area contributed by atoms with E-state index in [0.29, 0.717) is 19.5 Å². The largest absolute Gasteiger partial charge is 0.339 e. The van der Waals surface area contributed by atoms with Crippen LogP contribution in [0.2, 0.25) is 0 Å². The first-order chi connectivity index (χ1) is 14.6. The molecule has 160 valence electrons. The number of imide groups is 1. The minimum atomic E-state index is -0.856. The van der Waals surface area contributed by atoms with Crippen LogP contribution in [0.5, 0.6) is 0 Å². The zero-order valence-corrected chi connectivity index (χ0v) is 17.5. The summed E-state index contributed by atoms with van der Waals surface area (Å²) in [5.41, 5.74) is 1.33. The van der Waals surface area contributed by atoms with Crippen molar-refractivity contribution in [3.8, 4) is 0 Å². The molecule has 3 aliphatic rings. The highest BCUT2D eigenvalue weighted by Gasteiger charge is 2.51. The molecule has 1 aromatic carbocycles. The number of hydrogen-bond donors (Lipinski definition) is 2. The van der Waals surface area contributed by atoms with Gasteiger partial charge >= 0.3 is 6.03 Å². The zero-order valence-electron chi connectivity index (χ0n) is 17.5. The molecule has 0 bridgehead atoms. The van der Waals surface area contributed by atoms with Crippen LogP contribution in [0.3, 0.4) is 0 Å². The lowest BCUT2D eigenvalue weighted by Gasteiger charge is -2.41. The Morgan fingerprint density at radius 3 is 2.50 bits per heavy atom. The van der Waals surface area contributed by atoms with Gasteiger partial charge in [-0.2, -0.15) is 0 Å². The van der Waals surface area contributed by atoms with Crippen molar-refractivity contribution in [2.45, 2.75) is 63.3 Å². The lowest BCUT2D eigenvalue weighted by molar-refractivity contribution is -0.130. The number of benzene rings is 1. The average Bonchev–Trinajstić information content (AvgIpc) is 3.08. The number of urea groups is 1. The molecular weight excluding hydrogens is 378 g/mol. The van der Waals surface area contributed by atoms with Crippen LogP contribution in [0.15, 0.2) is 42.0 Å². The molecule has 2 saturated heterocycles. The lowest BCUT2D eigenvalue weighted by atomic mass is 9.74. The summed E-state index contributed by atoms with van der Waals surface area (Å²) >= 11 is 0. The van der Waals surface area contributed by atoms with E-state index >= 15 is 0 Å². The van der Waals surface area contributed by atoms with Crippen LogP contribution in [0.4, 0.5) is 4.79 Å². The third kappa shape index (κ3) is 4.27. The topological polar surface area (TPSA) is 78.5 Å². The molecule has 2 fully saturated rings. The molecule has 6 nitrogen and oxygen atoms in total. The first-order valence-corrected chi connectivity index (χ1v) is 11.2. The van der Waals surface area contributed by atoms with Gasteiger partial charge in [0.05, 0.1) is 0 Å². The van der Waals surface area contributed by atoms with Crippen LogP contribution in [0.1, 0.15) is 56.9 Å². The zero-order chi connectivity index (χ0) is 21.0. The Morgan fingerprint density at radius 1 is 1.10 bits per heavy atom. The summed E-state index contributed by atoms with van der Waals surface area (Å²) in [5.74, 6) is -0.00405. The number of allylic oxidation sites excluding steroid dienone is 1. The Bertz CT molecular complexity index is 827. The van der Waals surface area contributed by atoms with Crippen molar-refractivity contribution in [2.24, 2.45) is 5.92 Å². The molecule has 0 aromatic heterocycles. The number of amides is 4. The van der Waals surface area contributed by atoms with Gasteiger partial charge in [-0.1, -0.05) is 36.4 Å². The van der Waals surface area contributed by atoms with Crippen LogP contribution in [0.25, 0.3) is 0 Å². The maximum atomic E-state index is 12.8. The van der Waals surface area contributed by atoms with E-state index in [1.54, 1.807) is 0 Å². The van der Waals surface area contributed by atoms with Crippen molar-refractivity contribution in [3.05, 3.63) is 47.5 Å². The monoisotopic (exact) mass is 409 g/mol. The Labute approximate surface area is 178 Å². The molecule has 0 saturated carbocycles.